The molecule has 0 amide bonds. The van der Waals surface area contributed by atoms with Crippen molar-refractivity contribution in [1.29, 1.82) is 21.0 Å². The molecule has 2 aromatic carbocycles. The summed E-state index contributed by atoms with van der Waals surface area (Å²) >= 11 is 0. The Kier molecular flexibility index (Phi) is 8.90. The Labute approximate surface area is 178 Å². The summed E-state index contributed by atoms with van der Waals surface area (Å²) in [4.78, 5) is 0. The van der Waals surface area contributed by atoms with Gasteiger partial charge < -0.3 is 9.47 Å². The van der Waals surface area contributed by atoms with Gasteiger partial charge in [0.2, 0.25) is 11.4 Å². The number of benzene rings is 2. The fourth-order valence-electron chi connectivity index (χ4n) is 2.18. The predicted octanol–water partition coefficient (Wildman–Crippen LogP) is 3.16. The van der Waals surface area contributed by atoms with Crippen molar-refractivity contribution in [3.8, 4) is 35.8 Å². The summed E-state index contributed by atoms with van der Waals surface area (Å²) < 4.78 is 11.5. The zero-order valence-corrected chi connectivity index (χ0v) is 16.2. The first-order chi connectivity index (χ1) is 15.2. The largest absolute Gasteiger partial charge is 0.491 e. The second kappa shape index (κ2) is 12.4. The summed E-state index contributed by atoms with van der Waals surface area (Å²) in [5.74, 6) is 1.02. The van der Waals surface area contributed by atoms with Gasteiger partial charge in [-0.2, -0.15) is 31.3 Å². The van der Waals surface area contributed by atoms with Crippen molar-refractivity contribution in [2.45, 2.75) is 6.42 Å². The van der Waals surface area contributed by atoms with Crippen LogP contribution in [0.1, 0.15) is 6.42 Å². The van der Waals surface area contributed by atoms with E-state index < -0.39 is 0 Å². The Bertz CT molecular complexity index is 1010. The number of hydrogen-bond donors (Lipinski definition) is 2. The summed E-state index contributed by atoms with van der Waals surface area (Å²) in [5.41, 5.74) is 5.73. The van der Waals surface area contributed by atoms with Crippen LogP contribution in [0.2, 0.25) is 0 Å². The van der Waals surface area contributed by atoms with E-state index >= 15 is 0 Å². The molecule has 0 aromatic heterocycles. The first kappa shape index (κ1) is 22.2. The quantitative estimate of drug-likeness (QED) is 0.341. The molecule has 2 rings (SSSR count). The third-order valence-corrected chi connectivity index (χ3v) is 3.58. The summed E-state index contributed by atoms with van der Waals surface area (Å²) in [6.45, 7) is 0.680. The van der Waals surface area contributed by atoms with E-state index in [9.17, 15) is 0 Å². The topological polar surface area (TPSA) is 162 Å². The number of nitrogens with zero attached hydrogens (tertiary/aromatic N) is 6. The first-order valence-corrected chi connectivity index (χ1v) is 8.93. The second-order valence-electron chi connectivity index (χ2n) is 5.63. The summed E-state index contributed by atoms with van der Waals surface area (Å²) in [7, 11) is 0. The number of ether oxygens (including phenoxy) is 2. The molecular formula is C21H16N8O2. The van der Waals surface area contributed by atoms with Crippen LogP contribution in [0.4, 0.5) is 11.4 Å². The van der Waals surface area contributed by atoms with Gasteiger partial charge in [-0.3, -0.25) is 10.9 Å². The molecule has 0 saturated carbocycles. The van der Waals surface area contributed by atoms with E-state index in [4.69, 9.17) is 30.5 Å². The molecule has 0 radical (unpaired) electrons. The van der Waals surface area contributed by atoms with Gasteiger partial charge in [0.05, 0.1) is 24.6 Å². The van der Waals surface area contributed by atoms with Gasteiger partial charge in [-0.15, -0.1) is 0 Å². The van der Waals surface area contributed by atoms with Gasteiger partial charge in [0.15, 0.2) is 0 Å². The predicted molar refractivity (Wildman–Crippen MR) is 113 cm³/mol. The fraction of sp³-hybridized carbons (Fsp3) is 0.143. The minimum Gasteiger partial charge on any atom is -0.491 e. The van der Waals surface area contributed by atoms with Crippen LogP contribution in [0.15, 0.2) is 58.7 Å². The summed E-state index contributed by atoms with van der Waals surface area (Å²) in [6.07, 6.45) is 0.554. The molecule has 0 aliphatic rings. The molecule has 0 spiro atoms. The molecule has 0 saturated heterocycles. The number of hydrazone groups is 2. The van der Waals surface area contributed by atoms with Crippen molar-refractivity contribution in [2.75, 3.05) is 24.1 Å². The van der Waals surface area contributed by atoms with Crippen molar-refractivity contribution in [2.24, 2.45) is 10.2 Å². The zero-order chi connectivity index (χ0) is 22.3. The van der Waals surface area contributed by atoms with Crippen LogP contribution in [0, 0.1) is 45.3 Å². The monoisotopic (exact) mass is 412 g/mol. The molecule has 0 aliphatic heterocycles. The minimum absolute atomic E-state index is 0.295. The SMILES string of the molecule is N#CC(C#N)=NNc1ccccc1OCCCOc1ccccc1NN=C(C#N)C#N. The van der Waals surface area contributed by atoms with Gasteiger partial charge in [0.1, 0.15) is 35.8 Å². The van der Waals surface area contributed by atoms with Crippen LogP contribution in [-0.2, 0) is 0 Å². The normalized spacial score (nSPS) is 8.90. The maximum absolute atomic E-state index is 8.74. The maximum atomic E-state index is 8.74. The van der Waals surface area contributed by atoms with Crippen LogP contribution >= 0.6 is 0 Å². The molecule has 0 unspecified atom stereocenters. The van der Waals surface area contributed by atoms with E-state index in [1.165, 1.54) is 0 Å². The van der Waals surface area contributed by atoms with Crippen molar-refractivity contribution >= 4 is 22.8 Å². The number of para-hydroxylation sites is 4. The second-order valence-corrected chi connectivity index (χ2v) is 5.63. The van der Waals surface area contributed by atoms with Crippen LogP contribution in [0.25, 0.3) is 0 Å². The van der Waals surface area contributed by atoms with E-state index in [1.807, 2.05) is 0 Å². The van der Waals surface area contributed by atoms with Crippen molar-refractivity contribution in [3.63, 3.8) is 0 Å². The lowest BCUT2D eigenvalue weighted by Crippen LogP contribution is -2.07. The summed E-state index contributed by atoms with van der Waals surface area (Å²) in [6, 6.07) is 20.7. The molecule has 0 fully saturated rings. The molecule has 10 heteroatoms. The average molecular weight is 412 g/mol. The zero-order valence-electron chi connectivity index (χ0n) is 16.2. The Hall–Kier alpha value is -5.06. The highest BCUT2D eigenvalue weighted by atomic mass is 16.5. The van der Waals surface area contributed by atoms with Crippen LogP contribution < -0.4 is 20.3 Å². The molecule has 0 atom stereocenters. The van der Waals surface area contributed by atoms with E-state index in [0.29, 0.717) is 42.5 Å². The van der Waals surface area contributed by atoms with Crippen molar-refractivity contribution < 1.29 is 9.47 Å². The number of anilines is 2. The molecule has 2 aromatic rings. The highest BCUT2D eigenvalue weighted by Gasteiger charge is 2.05. The van der Waals surface area contributed by atoms with Crippen LogP contribution in [-0.4, -0.2) is 24.6 Å². The lowest BCUT2D eigenvalue weighted by atomic mass is 10.3. The minimum atomic E-state index is -0.295. The molecular weight excluding hydrogens is 396 g/mol. The number of hydrogen-bond acceptors (Lipinski definition) is 10. The van der Waals surface area contributed by atoms with E-state index in [2.05, 4.69) is 21.1 Å². The molecule has 2 N–H and O–H groups in total. The summed E-state index contributed by atoms with van der Waals surface area (Å²) in [5, 5.41) is 42.4. The van der Waals surface area contributed by atoms with E-state index in [1.54, 1.807) is 72.8 Å². The highest BCUT2D eigenvalue weighted by Crippen LogP contribution is 2.25. The molecule has 152 valence electrons. The molecule has 0 bridgehead atoms. The number of rotatable bonds is 10. The van der Waals surface area contributed by atoms with Gasteiger partial charge in [-0.05, 0) is 24.3 Å². The molecule has 0 heterocycles. The number of nitrogens with one attached hydrogen (secondary N) is 2. The third-order valence-electron chi connectivity index (χ3n) is 3.58. The lowest BCUT2D eigenvalue weighted by molar-refractivity contribution is 0.248. The lowest BCUT2D eigenvalue weighted by Gasteiger charge is -2.12. The standard InChI is InChI=1S/C21H16N8O2/c22-12-16(13-23)26-28-18-6-1-3-8-20(18)30-10-5-11-31-21-9-4-2-7-19(21)29-27-17(14-24)15-25/h1-4,6-9,28-29H,5,10-11H2. The van der Waals surface area contributed by atoms with Crippen LogP contribution in [0.3, 0.4) is 0 Å². The van der Waals surface area contributed by atoms with Gasteiger partial charge in [-0.1, -0.05) is 24.3 Å². The first-order valence-electron chi connectivity index (χ1n) is 8.93. The van der Waals surface area contributed by atoms with Gasteiger partial charge in [0.25, 0.3) is 0 Å². The Morgan fingerprint density at radius 1 is 0.677 bits per heavy atom. The third kappa shape index (κ3) is 7.12. The molecule has 31 heavy (non-hydrogen) atoms. The maximum Gasteiger partial charge on any atom is 0.237 e. The van der Waals surface area contributed by atoms with E-state index in [0.717, 1.165) is 0 Å². The van der Waals surface area contributed by atoms with Gasteiger partial charge >= 0.3 is 0 Å². The Morgan fingerprint density at radius 2 is 1.06 bits per heavy atom. The Balaban J connectivity index is 1.88. The highest BCUT2D eigenvalue weighted by molar-refractivity contribution is 6.10. The molecule has 10 nitrogen and oxygen atoms in total. The van der Waals surface area contributed by atoms with Gasteiger partial charge in [0, 0.05) is 6.42 Å². The molecule has 0 aliphatic carbocycles. The smallest absolute Gasteiger partial charge is 0.237 e. The average Bonchev–Trinajstić information content (AvgIpc) is 2.81. The van der Waals surface area contributed by atoms with Crippen molar-refractivity contribution in [1.82, 2.24) is 0 Å². The fourth-order valence-corrected chi connectivity index (χ4v) is 2.18. The van der Waals surface area contributed by atoms with Gasteiger partial charge in [-0.25, -0.2) is 0 Å². The Morgan fingerprint density at radius 3 is 1.45 bits per heavy atom. The van der Waals surface area contributed by atoms with Crippen molar-refractivity contribution in [3.05, 3.63) is 48.5 Å². The number of nitriles is 4. The van der Waals surface area contributed by atoms with E-state index in [-0.39, 0.29) is 11.4 Å². The van der Waals surface area contributed by atoms with Crippen LogP contribution in [0.5, 0.6) is 11.5 Å².